The van der Waals surface area contributed by atoms with Crippen LogP contribution >= 0.6 is 0 Å². The van der Waals surface area contributed by atoms with Crippen LogP contribution in [0.1, 0.15) is 34.3 Å². The molecule has 1 spiro atoms. The van der Waals surface area contributed by atoms with E-state index >= 15 is 0 Å². The van der Waals surface area contributed by atoms with Gasteiger partial charge in [-0.3, -0.25) is 4.79 Å². The molecule has 3 heterocycles. The number of rotatable bonds is 4. The number of anilines is 1. The highest BCUT2D eigenvalue weighted by atomic mass is 16.5. The number of amides is 1. The van der Waals surface area contributed by atoms with Gasteiger partial charge in [-0.2, -0.15) is 0 Å². The van der Waals surface area contributed by atoms with Crippen molar-refractivity contribution >= 4 is 11.7 Å². The number of hydrogen-bond acceptors (Lipinski definition) is 6. The minimum Gasteiger partial charge on any atom is -0.493 e. The molecule has 0 unspecified atom stereocenters. The Morgan fingerprint density at radius 2 is 1.83 bits per heavy atom. The van der Waals surface area contributed by atoms with E-state index in [0.29, 0.717) is 31.0 Å². The molecule has 160 valence electrons. The maximum Gasteiger partial charge on any atom is 0.255 e. The van der Waals surface area contributed by atoms with Crippen LogP contribution in [-0.4, -0.2) is 63.8 Å². The summed E-state index contributed by atoms with van der Waals surface area (Å²) in [6.07, 6.45) is 4.02. The zero-order chi connectivity index (χ0) is 21.3. The van der Waals surface area contributed by atoms with Crippen LogP contribution in [0.5, 0.6) is 11.5 Å². The molecular formula is C23H29N3O4. The number of piperidine rings is 1. The third-order valence-corrected chi connectivity index (χ3v) is 6.16. The number of ether oxygens (including phenoxy) is 3. The van der Waals surface area contributed by atoms with Gasteiger partial charge in [0.25, 0.3) is 5.91 Å². The monoisotopic (exact) mass is 411 g/mol. The number of benzene rings is 1. The van der Waals surface area contributed by atoms with Gasteiger partial charge in [0, 0.05) is 33.4 Å². The third-order valence-electron chi connectivity index (χ3n) is 6.16. The second-order valence-electron chi connectivity index (χ2n) is 8.05. The fourth-order valence-corrected chi connectivity index (χ4v) is 4.43. The van der Waals surface area contributed by atoms with E-state index in [1.807, 2.05) is 36.0 Å². The standard InChI is InChI=1S/C23H29N3O4/c1-25(2)21-6-5-17(15-24-21)22(27)26-10-8-23(9-11-26)18-14-20(29-4)19(28-3)13-16(18)7-12-30-23/h5-6,13-15H,7-12H2,1-4H3. The lowest BCUT2D eigenvalue weighted by Gasteiger charge is -2.45. The molecule has 0 atom stereocenters. The van der Waals surface area contributed by atoms with E-state index in [-0.39, 0.29) is 11.5 Å². The third kappa shape index (κ3) is 3.58. The van der Waals surface area contributed by atoms with Gasteiger partial charge >= 0.3 is 0 Å². The summed E-state index contributed by atoms with van der Waals surface area (Å²) >= 11 is 0. The van der Waals surface area contributed by atoms with Crippen molar-refractivity contribution < 1.29 is 19.0 Å². The Morgan fingerprint density at radius 1 is 1.13 bits per heavy atom. The zero-order valence-electron chi connectivity index (χ0n) is 18.1. The molecule has 0 radical (unpaired) electrons. The molecule has 0 N–H and O–H groups in total. The molecule has 0 saturated carbocycles. The van der Waals surface area contributed by atoms with E-state index < -0.39 is 0 Å². The highest BCUT2D eigenvalue weighted by Gasteiger charge is 2.42. The SMILES string of the molecule is COc1cc2c(cc1OC)C1(CCN(C(=O)c3ccc(N(C)C)nc3)CC1)OCC2. The highest BCUT2D eigenvalue weighted by Crippen LogP contribution is 2.45. The quantitative estimate of drug-likeness (QED) is 0.771. The van der Waals surface area contributed by atoms with Crippen molar-refractivity contribution in [2.24, 2.45) is 0 Å². The van der Waals surface area contributed by atoms with E-state index in [4.69, 9.17) is 14.2 Å². The molecule has 4 rings (SSSR count). The van der Waals surface area contributed by atoms with Crippen LogP contribution in [-0.2, 0) is 16.8 Å². The molecule has 7 nitrogen and oxygen atoms in total. The van der Waals surface area contributed by atoms with Gasteiger partial charge in [-0.1, -0.05) is 0 Å². The highest BCUT2D eigenvalue weighted by molar-refractivity contribution is 5.94. The number of hydrogen-bond donors (Lipinski definition) is 0. The first kappa shape index (κ1) is 20.5. The Bertz CT molecular complexity index is 919. The first-order valence-corrected chi connectivity index (χ1v) is 10.3. The number of carbonyl (C=O) groups is 1. The molecule has 7 heteroatoms. The first-order valence-electron chi connectivity index (χ1n) is 10.3. The van der Waals surface area contributed by atoms with E-state index in [1.165, 1.54) is 5.56 Å². The number of methoxy groups -OCH3 is 2. The molecule has 0 bridgehead atoms. The van der Waals surface area contributed by atoms with E-state index in [9.17, 15) is 4.79 Å². The molecule has 1 fully saturated rings. The summed E-state index contributed by atoms with van der Waals surface area (Å²) in [7, 11) is 7.17. The van der Waals surface area contributed by atoms with Gasteiger partial charge in [0.2, 0.25) is 0 Å². The summed E-state index contributed by atoms with van der Waals surface area (Å²) in [5.74, 6) is 2.31. The fraction of sp³-hybridized carbons (Fsp3) is 0.478. The summed E-state index contributed by atoms with van der Waals surface area (Å²) in [6.45, 7) is 1.95. The van der Waals surface area contributed by atoms with E-state index in [1.54, 1.807) is 20.4 Å². The summed E-state index contributed by atoms with van der Waals surface area (Å²) in [5, 5.41) is 0. The molecule has 30 heavy (non-hydrogen) atoms. The van der Waals surface area contributed by atoms with E-state index in [2.05, 4.69) is 17.1 Å². The number of carbonyl (C=O) groups excluding carboxylic acids is 1. The van der Waals surface area contributed by atoms with Gasteiger partial charge in [0.15, 0.2) is 11.5 Å². The molecule has 0 aliphatic carbocycles. The Morgan fingerprint density at radius 3 is 2.43 bits per heavy atom. The topological polar surface area (TPSA) is 64.1 Å². The van der Waals surface area contributed by atoms with Crippen LogP contribution in [0.25, 0.3) is 0 Å². The minimum atomic E-state index is -0.378. The van der Waals surface area contributed by atoms with Gasteiger partial charge in [0.1, 0.15) is 5.82 Å². The van der Waals surface area contributed by atoms with Gasteiger partial charge in [-0.25, -0.2) is 4.98 Å². The zero-order valence-corrected chi connectivity index (χ0v) is 18.1. The predicted octanol–water partition coefficient (Wildman–Crippen LogP) is 2.87. The number of fused-ring (bicyclic) bond motifs is 2. The van der Waals surface area contributed by atoms with Crippen LogP contribution in [0.15, 0.2) is 30.5 Å². The van der Waals surface area contributed by atoms with Crippen molar-refractivity contribution in [2.75, 3.05) is 52.9 Å². The molecular weight excluding hydrogens is 382 g/mol. The minimum absolute atomic E-state index is 0.0194. The van der Waals surface area contributed by atoms with Crippen molar-refractivity contribution in [3.8, 4) is 11.5 Å². The molecule has 1 aromatic carbocycles. The van der Waals surface area contributed by atoms with Crippen molar-refractivity contribution in [2.45, 2.75) is 24.9 Å². The van der Waals surface area contributed by atoms with Gasteiger partial charge < -0.3 is 24.0 Å². The van der Waals surface area contributed by atoms with Gasteiger partial charge in [0.05, 0.1) is 32.0 Å². The van der Waals surface area contributed by atoms with Crippen LogP contribution < -0.4 is 14.4 Å². The Balaban J connectivity index is 1.52. The Labute approximate surface area is 177 Å². The van der Waals surface area contributed by atoms with Crippen LogP contribution in [0.3, 0.4) is 0 Å². The second kappa shape index (κ2) is 8.14. The number of pyridine rings is 1. The molecule has 2 aliphatic heterocycles. The average Bonchev–Trinajstić information content (AvgIpc) is 2.78. The van der Waals surface area contributed by atoms with Crippen molar-refractivity contribution in [1.82, 2.24) is 9.88 Å². The summed E-state index contributed by atoms with van der Waals surface area (Å²) in [4.78, 5) is 21.2. The molecule has 1 aromatic heterocycles. The summed E-state index contributed by atoms with van der Waals surface area (Å²) in [6, 6.07) is 7.83. The van der Waals surface area contributed by atoms with Crippen molar-refractivity contribution in [1.29, 1.82) is 0 Å². The van der Waals surface area contributed by atoms with Gasteiger partial charge in [-0.15, -0.1) is 0 Å². The van der Waals surface area contributed by atoms with E-state index in [0.717, 1.165) is 36.4 Å². The Kier molecular flexibility index (Phi) is 5.56. The summed E-state index contributed by atoms with van der Waals surface area (Å²) < 4.78 is 17.3. The fourth-order valence-electron chi connectivity index (χ4n) is 4.43. The smallest absolute Gasteiger partial charge is 0.255 e. The number of aromatic nitrogens is 1. The predicted molar refractivity (Wildman–Crippen MR) is 115 cm³/mol. The lowest BCUT2D eigenvalue weighted by Crippen LogP contribution is -2.48. The lowest BCUT2D eigenvalue weighted by atomic mass is 9.79. The normalized spacial score (nSPS) is 17.4. The molecule has 1 saturated heterocycles. The molecule has 2 aromatic rings. The van der Waals surface area contributed by atoms with Crippen LogP contribution in [0.2, 0.25) is 0 Å². The van der Waals surface area contributed by atoms with Crippen LogP contribution in [0.4, 0.5) is 5.82 Å². The first-order chi connectivity index (χ1) is 14.5. The van der Waals surface area contributed by atoms with Crippen molar-refractivity contribution in [3.05, 3.63) is 47.2 Å². The van der Waals surface area contributed by atoms with Crippen LogP contribution in [0, 0.1) is 0 Å². The Hall–Kier alpha value is -2.80. The second-order valence-corrected chi connectivity index (χ2v) is 8.05. The molecule has 2 aliphatic rings. The van der Waals surface area contributed by atoms with Gasteiger partial charge in [-0.05, 0) is 54.7 Å². The summed E-state index contributed by atoms with van der Waals surface area (Å²) in [5.41, 5.74) is 2.64. The maximum atomic E-state index is 13.0. The number of likely N-dealkylation sites (tertiary alicyclic amines) is 1. The molecule has 1 amide bonds. The number of nitrogens with zero attached hydrogens (tertiary/aromatic N) is 3. The largest absolute Gasteiger partial charge is 0.493 e. The lowest BCUT2D eigenvalue weighted by molar-refractivity contribution is -0.0936. The average molecular weight is 412 g/mol. The van der Waals surface area contributed by atoms with Crippen molar-refractivity contribution in [3.63, 3.8) is 0 Å². The maximum absolute atomic E-state index is 13.0.